The molecule has 0 radical (unpaired) electrons. The van der Waals surface area contributed by atoms with Crippen LogP contribution in [0.15, 0.2) is 18.2 Å². The van der Waals surface area contributed by atoms with Crippen LogP contribution in [0.2, 0.25) is 18.1 Å². The lowest BCUT2D eigenvalue weighted by Gasteiger charge is -2.48. The highest BCUT2D eigenvalue weighted by atomic mass is 28.4. The fourth-order valence-electron chi connectivity index (χ4n) is 4.64. The molecule has 0 bridgehead atoms. The molecule has 0 saturated heterocycles. The van der Waals surface area contributed by atoms with E-state index in [1.165, 1.54) is 0 Å². The molecule has 6 nitrogen and oxygen atoms in total. The molecule has 190 valence electrons. The van der Waals surface area contributed by atoms with Gasteiger partial charge in [0.15, 0.2) is 19.7 Å². The number of methoxy groups -OCH3 is 1. The molecular weight excluding hydrogens is 444 g/mol. The number of ether oxygens (including phenoxy) is 2. The molecule has 2 aliphatic rings. The van der Waals surface area contributed by atoms with E-state index in [1.807, 2.05) is 18.2 Å². The first-order valence-corrected chi connectivity index (χ1v) is 15.4. The van der Waals surface area contributed by atoms with Gasteiger partial charge in [-0.25, -0.2) is 0 Å². The van der Waals surface area contributed by atoms with Gasteiger partial charge in [-0.2, -0.15) is 0 Å². The van der Waals surface area contributed by atoms with Gasteiger partial charge in [0, 0.05) is 25.3 Å². The molecule has 2 N–H and O–H groups in total. The Labute approximate surface area is 206 Å². The second-order valence-electron chi connectivity index (χ2n) is 12.3. The van der Waals surface area contributed by atoms with Gasteiger partial charge in [0.2, 0.25) is 0 Å². The predicted molar refractivity (Wildman–Crippen MR) is 140 cm³/mol. The number of benzene rings is 1. The Balaban J connectivity index is 1.55. The first-order chi connectivity index (χ1) is 15.6. The maximum absolute atomic E-state index is 12.1. The van der Waals surface area contributed by atoms with E-state index in [0.29, 0.717) is 18.3 Å². The molecule has 0 spiro atoms. The van der Waals surface area contributed by atoms with E-state index in [2.05, 4.69) is 46.1 Å². The second-order valence-corrected chi connectivity index (χ2v) is 17.1. The van der Waals surface area contributed by atoms with Gasteiger partial charge in [-0.3, -0.25) is 10.2 Å². The Bertz CT molecular complexity index is 933. The number of nitrogens with one attached hydrogen (secondary N) is 2. The third-order valence-electron chi connectivity index (χ3n) is 8.45. The molecule has 0 aromatic heterocycles. The summed E-state index contributed by atoms with van der Waals surface area (Å²) in [6.45, 7) is 17.9. The van der Waals surface area contributed by atoms with Crippen LogP contribution in [0.5, 0.6) is 5.75 Å². The molecule has 34 heavy (non-hydrogen) atoms. The number of carbonyl (C=O) groups excluding carboxylic acids is 1. The quantitative estimate of drug-likeness (QED) is 0.288. The van der Waals surface area contributed by atoms with Gasteiger partial charge < -0.3 is 19.2 Å². The molecule has 1 aliphatic carbocycles. The fourth-order valence-corrected chi connectivity index (χ4v) is 5.78. The summed E-state index contributed by atoms with van der Waals surface area (Å²) in [6.07, 6.45) is 3.21. The number of carbonyl (C=O) groups is 1. The minimum Gasteiger partial charge on any atom is -0.487 e. The Hall–Kier alpha value is -1.70. The van der Waals surface area contributed by atoms with Crippen LogP contribution < -0.4 is 10.1 Å². The van der Waals surface area contributed by atoms with Gasteiger partial charge in [0.1, 0.15) is 17.7 Å². The molecule has 0 amide bonds. The van der Waals surface area contributed by atoms with E-state index >= 15 is 0 Å². The van der Waals surface area contributed by atoms with E-state index in [0.717, 1.165) is 42.7 Å². The number of rotatable bonds is 8. The van der Waals surface area contributed by atoms with Gasteiger partial charge in [-0.05, 0) is 86.8 Å². The van der Waals surface area contributed by atoms with Crippen LogP contribution in [0.3, 0.4) is 0 Å². The summed E-state index contributed by atoms with van der Waals surface area (Å²) in [4.78, 5) is 12.1. The Morgan fingerprint density at radius 3 is 2.47 bits per heavy atom. The Morgan fingerprint density at radius 1 is 1.26 bits per heavy atom. The number of ketones is 1. The molecule has 2 atom stereocenters. The molecule has 1 heterocycles. The lowest BCUT2D eigenvalue weighted by atomic mass is 9.67. The van der Waals surface area contributed by atoms with Crippen molar-refractivity contribution in [3.8, 4) is 5.75 Å². The van der Waals surface area contributed by atoms with Crippen LogP contribution in [0.1, 0.15) is 71.9 Å². The minimum atomic E-state index is -1.74. The zero-order valence-electron chi connectivity index (χ0n) is 22.6. The number of hydrogen-bond acceptors (Lipinski definition) is 5. The predicted octanol–water partition coefficient (Wildman–Crippen LogP) is 5.48. The van der Waals surface area contributed by atoms with Crippen molar-refractivity contribution in [2.45, 2.75) is 103 Å². The number of fused-ring (bicyclic) bond motifs is 1. The van der Waals surface area contributed by atoms with Crippen LogP contribution in [0.4, 0.5) is 0 Å². The maximum Gasteiger partial charge on any atom is 0.192 e. The van der Waals surface area contributed by atoms with Crippen molar-refractivity contribution in [2.24, 2.45) is 5.41 Å². The lowest BCUT2D eigenvalue weighted by molar-refractivity contribution is -0.149. The summed E-state index contributed by atoms with van der Waals surface area (Å²) >= 11 is 0. The summed E-state index contributed by atoms with van der Waals surface area (Å²) in [6, 6.07) is 6.18. The summed E-state index contributed by atoms with van der Waals surface area (Å²) < 4.78 is 18.1. The van der Waals surface area contributed by atoms with E-state index in [-0.39, 0.29) is 22.3 Å². The average Bonchev–Trinajstić information content (AvgIpc) is 2.74. The number of hydrogen-bond donors (Lipinski definition) is 2. The van der Waals surface area contributed by atoms with Crippen molar-refractivity contribution >= 4 is 19.9 Å². The molecule has 1 aliphatic heterocycles. The summed E-state index contributed by atoms with van der Waals surface area (Å²) in [7, 11) is -0.188. The Kier molecular flexibility index (Phi) is 7.43. The van der Waals surface area contributed by atoms with Crippen LogP contribution in [-0.2, 0) is 20.4 Å². The fraction of sp³-hybridized carbons (Fsp3) is 0.704. The van der Waals surface area contributed by atoms with E-state index in [1.54, 1.807) is 21.0 Å². The number of amidine groups is 1. The van der Waals surface area contributed by atoms with Crippen molar-refractivity contribution in [3.05, 3.63) is 29.3 Å². The first-order valence-electron chi connectivity index (χ1n) is 12.5. The summed E-state index contributed by atoms with van der Waals surface area (Å²) in [5.74, 6) is 1.19. The van der Waals surface area contributed by atoms with Crippen molar-refractivity contribution in [3.63, 3.8) is 0 Å². The van der Waals surface area contributed by atoms with Crippen LogP contribution in [0.25, 0.3) is 0 Å². The highest BCUT2D eigenvalue weighted by molar-refractivity contribution is 6.74. The van der Waals surface area contributed by atoms with Crippen molar-refractivity contribution < 1.29 is 18.7 Å². The molecule has 1 aromatic carbocycles. The first kappa shape index (κ1) is 26.9. The van der Waals surface area contributed by atoms with Crippen LogP contribution >= 0.6 is 0 Å². The van der Waals surface area contributed by atoms with Crippen molar-refractivity contribution in [1.82, 2.24) is 5.32 Å². The largest absolute Gasteiger partial charge is 0.487 e. The minimum absolute atomic E-state index is 0.0340. The van der Waals surface area contributed by atoms with Gasteiger partial charge >= 0.3 is 0 Å². The highest BCUT2D eigenvalue weighted by Crippen LogP contribution is 2.44. The molecule has 7 heteroatoms. The highest BCUT2D eigenvalue weighted by Gasteiger charge is 2.45. The van der Waals surface area contributed by atoms with Gasteiger partial charge in [0.25, 0.3) is 0 Å². The summed E-state index contributed by atoms with van der Waals surface area (Å²) in [5.41, 5.74) is 1.17. The van der Waals surface area contributed by atoms with Crippen molar-refractivity contribution in [2.75, 3.05) is 13.7 Å². The van der Waals surface area contributed by atoms with E-state index < -0.39 is 13.9 Å². The average molecular weight is 489 g/mol. The van der Waals surface area contributed by atoms with E-state index in [9.17, 15) is 4.79 Å². The lowest BCUT2D eigenvalue weighted by Crippen LogP contribution is -2.53. The maximum atomic E-state index is 12.1. The summed E-state index contributed by atoms with van der Waals surface area (Å²) in [5, 5.41) is 12.2. The van der Waals surface area contributed by atoms with Gasteiger partial charge in [-0.1, -0.05) is 27.7 Å². The normalized spacial score (nSPS) is 26.5. The molecule has 0 unspecified atom stereocenters. The van der Waals surface area contributed by atoms with Crippen LogP contribution in [0, 0.1) is 10.8 Å². The smallest absolute Gasteiger partial charge is 0.192 e. The topological polar surface area (TPSA) is 80.6 Å². The molecule has 1 saturated carbocycles. The van der Waals surface area contributed by atoms with E-state index in [4.69, 9.17) is 19.3 Å². The standard InChI is InChI=1S/C27H44N2O4Si/c1-18(30)27(6,31-7)23-13-11-19-14-20(10-12-22(19)33-23)24(28)29-21-15-26(5,16-21)17-32-34(8,9)25(2,3)4/h10,12,14,21,23H,11,13,15-17H2,1-9H3,(H2,28,29)/t21-,23-,26+,27-/m1/s1. The number of aryl methyl sites for hydroxylation is 1. The zero-order valence-corrected chi connectivity index (χ0v) is 23.6. The Morgan fingerprint density at radius 2 is 1.91 bits per heavy atom. The van der Waals surface area contributed by atoms with Gasteiger partial charge in [0.05, 0.1) is 0 Å². The zero-order chi connectivity index (χ0) is 25.5. The van der Waals surface area contributed by atoms with Gasteiger partial charge in [-0.15, -0.1) is 0 Å². The number of Topliss-reactive ketones (excluding diaryl/α,β-unsaturated/α-hetero) is 1. The SMILES string of the molecule is CO[C@](C)(C(C)=O)[C@H]1CCc2cc(C(=N)N[C@H]3C[C@@](C)(CO[Si](C)(C)C(C)(C)C)C3)ccc2O1. The molecule has 3 rings (SSSR count). The molecule has 1 fully saturated rings. The van der Waals surface area contributed by atoms with Crippen LogP contribution in [-0.4, -0.2) is 51.4 Å². The second kappa shape index (κ2) is 9.39. The monoisotopic (exact) mass is 488 g/mol. The third-order valence-corrected chi connectivity index (χ3v) is 12.9. The molecule has 1 aromatic rings. The molecular formula is C27H44N2O4Si. The third kappa shape index (κ3) is 5.42. The van der Waals surface area contributed by atoms with Crippen molar-refractivity contribution in [1.29, 1.82) is 5.41 Å².